The summed E-state index contributed by atoms with van der Waals surface area (Å²) in [7, 11) is 0.763. The molecule has 2 aliphatic rings. The van der Waals surface area contributed by atoms with Crippen LogP contribution in [0.5, 0.6) is 0 Å². The van der Waals surface area contributed by atoms with E-state index in [0.29, 0.717) is 0 Å². The lowest BCUT2D eigenvalue weighted by Gasteiger charge is -2.49. The highest BCUT2D eigenvalue weighted by atomic mass is 16.3. The summed E-state index contributed by atoms with van der Waals surface area (Å²) in [5.41, 5.74) is 17.1. The fourth-order valence-electron chi connectivity index (χ4n) is 10.6. The lowest BCUT2D eigenvalue weighted by molar-refractivity contribution is 0.668. The fraction of sp³-hybridized carbons (Fsp3) is 0.0189. The van der Waals surface area contributed by atoms with E-state index in [0.717, 1.165) is 45.9 Å². The van der Waals surface area contributed by atoms with Crippen molar-refractivity contribution in [3.8, 4) is 11.1 Å². The molecule has 1 N–H and O–H groups in total. The first-order chi connectivity index (χ1) is 28.3. The van der Waals surface area contributed by atoms with E-state index < -0.39 is 5.41 Å². The number of benzene rings is 9. The number of hydrogen-bond acceptors (Lipinski definition) is 2. The minimum Gasteiger partial charge on any atom is -0.454 e. The highest BCUT2D eigenvalue weighted by Gasteiger charge is 2.49. The highest BCUT2D eigenvalue weighted by molar-refractivity contribution is 6.74. The standard InChI is InChI=1S/C53H33BN2O/c1-3-16-33(17-4-1)53(34-18-5-2-6-19-34)41-24-10-11-27-45(41)56-50-42(53)25-14-26-43(50)54-48-39(31-40-36-21-9-12-28-46(36)57-52(40)51(48)56)37-22-13-23-38-47-35-20-8-7-15-32(35)29-30-44(47)55-49(37)38/h1-31,54-55H. The Bertz CT molecular complexity index is 3410. The third-order valence-corrected chi connectivity index (χ3v) is 12.9. The summed E-state index contributed by atoms with van der Waals surface area (Å²) in [4.78, 5) is 6.47. The van der Waals surface area contributed by atoms with Crippen LogP contribution in [0, 0.1) is 0 Å². The van der Waals surface area contributed by atoms with Gasteiger partial charge in [0.1, 0.15) is 5.58 Å². The van der Waals surface area contributed by atoms with Gasteiger partial charge in [0.05, 0.1) is 22.3 Å². The van der Waals surface area contributed by atoms with Crippen molar-refractivity contribution >= 4 is 89.8 Å². The van der Waals surface area contributed by atoms with E-state index in [9.17, 15) is 0 Å². The Hall–Kier alpha value is -7.30. The Labute approximate surface area is 329 Å². The second-order valence-electron chi connectivity index (χ2n) is 15.6. The minimum absolute atomic E-state index is 0.540. The van der Waals surface area contributed by atoms with E-state index in [1.54, 1.807) is 0 Å². The molecule has 0 saturated carbocycles. The summed E-state index contributed by atoms with van der Waals surface area (Å²) >= 11 is 0. The van der Waals surface area contributed by atoms with Crippen LogP contribution in [-0.2, 0) is 5.41 Å². The zero-order valence-electron chi connectivity index (χ0n) is 31.0. The molecule has 0 radical (unpaired) electrons. The molecule has 0 atom stereocenters. The summed E-state index contributed by atoms with van der Waals surface area (Å²) in [5.74, 6) is 0. The molecule has 0 amide bonds. The van der Waals surface area contributed by atoms with Gasteiger partial charge in [0.15, 0.2) is 12.9 Å². The van der Waals surface area contributed by atoms with E-state index in [2.05, 4.69) is 198 Å². The van der Waals surface area contributed by atoms with Crippen LogP contribution in [-0.4, -0.2) is 12.3 Å². The molecule has 4 heteroatoms. The van der Waals surface area contributed by atoms with Crippen molar-refractivity contribution in [2.45, 2.75) is 5.41 Å². The summed E-state index contributed by atoms with van der Waals surface area (Å²) in [5, 5.41) is 7.27. The molecule has 2 aromatic heterocycles. The molecule has 0 fully saturated rings. The molecule has 264 valence electrons. The van der Waals surface area contributed by atoms with Crippen molar-refractivity contribution in [1.29, 1.82) is 0 Å². The maximum Gasteiger partial charge on any atom is 0.198 e. The van der Waals surface area contributed by atoms with E-state index in [1.807, 2.05) is 0 Å². The van der Waals surface area contributed by atoms with E-state index in [4.69, 9.17) is 4.42 Å². The maximum absolute atomic E-state index is 7.02. The number of aromatic amines is 1. The number of H-pyrrole nitrogens is 1. The van der Waals surface area contributed by atoms with E-state index in [1.165, 1.54) is 77.2 Å². The van der Waals surface area contributed by atoms with Crippen molar-refractivity contribution in [2.24, 2.45) is 0 Å². The third kappa shape index (κ3) is 4.01. The highest BCUT2D eigenvalue weighted by Crippen LogP contribution is 2.59. The van der Waals surface area contributed by atoms with Crippen molar-refractivity contribution < 1.29 is 4.42 Å². The fourth-order valence-corrected chi connectivity index (χ4v) is 10.6. The molecular formula is C53H33BN2O. The monoisotopic (exact) mass is 724 g/mol. The van der Waals surface area contributed by atoms with Gasteiger partial charge in [0.2, 0.25) is 0 Å². The van der Waals surface area contributed by atoms with Crippen LogP contribution in [0.1, 0.15) is 22.3 Å². The predicted octanol–water partition coefficient (Wildman–Crippen LogP) is 11.9. The molecule has 4 heterocycles. The van der Waals surface area contributed by atoms with Gasteiger partial charge in [-0.2, -0.15) is 0 Å². The zero-order valence-corrected chi connectivity index (χ0v) is 31.0. The number of furan rings is 1. The first-order valence-electron chi connectivity index (χ1n) is 19.8. The van der Waals surface area contributed by atoms with Crippen LogP contribution in [0.2, 0.25) is 0 Å². The second-order valence-corrected chi connectivity index (χ2v) is 15.6. The smallest absolute Gasteiger partial charge is 0.198 e. The number of aromatic nitrogens is 1. The SMILES string of the molecule is B1c2cccc3c2N(c2ccccc2C3(c2ccccc2)c2ccccc2)c2c1c(-c1cccc3c1[nH]c1ccc4ccccc4c13)cc1c2oc2ccccc21. The molecule has 0 aliphatic carbocycles. The van der Waals surface area contributed by atoms with Crippen molar-refractivity contribution in [3.63, 3.8) is 0 Å². The average molecular weight is 725 g/mol. The van der Waals surface area contributed by atoms with Gasteiger partial charge in [0.25, 0.3) is 0 Å². The zero-order chi connectivity index (χ0) is 37.2. The largest absolute Gasteiger partial charge is 0.454 e. The number of nitrogens with one attached hydrogen (secondary N) is 1. The third-order valence-electron chi connectivity index (χ3n) is 12.9. The van der Waals surface area contributed by atoms with E-state index in [-0.39, 0.29) is 0 Å². The first-order valence-corrected chi connectivity index (χ1v) is 19.8. The quantitative estimate of drug-likeness (QED) is 0.184. The van der Waals surface area contributed by atoms with Crippen molar-refractivity contribution in [2.75, 3.05) is 4.90 Å². The topological polar surface area (TPSA) is 32.2 Å². The summed E-state index contributed by atoms with van der Waals surface area (Å²) in [6.07, 6.45) is 0. The molecule has 0 unspecified atom stereocenters. The van der Waals surface area contributed by atoms with Crippen molar-refractivity contribution in [3.05, 3.63) is 210 Å². The molecule has 0 spiro atoms. The van der Waals surface area contributed by atoms with Crippen LogP contribution in [0.3, 0.4) is 0 Å². The molecule has 57 heavy (non-hydrogen) atoms. The van der Waals surface area contributed by atoms with Crippen molar-refractivity contribution in [1.82, 2.24) is 4.98 Å². The Kier molecular flexibility index (Phi) is 6.18. The van der Waals surface area contributed by atoms with Gasteiger partial charge in [-0.05, 0) is 68.3 Å². The molecule has 2 aliphatic heterocycles. The number of fused-ring (bicyclic) bond motifs is 13. The second kappa shape index (κ2) is 11.4. The molecule has 9 aromatic carbocycles. The van der Waals surface area contributed by atoms with Gasteiger partial charge < -0.3 is 14.3 Å². The lowest BCUT2D eigenvalue weighted by atomic mass is 9.54. The average Bonchev–Trinajstić information content (AvgIpc) is 3.86. The molecule has 3 nitrogen and oxygen atoms in total. The van der Waals surface area contributed by atoms with Gasteiger partial charge >= 0.3 is 0 Å². The Balaban J connectivity index is 1.17. The van der Waals surface area contributed by atoms with Crippen LogP contribution in [0.4, 0.5) is 17.1 Å². The number of para-hydroxylation sites is 4. The van der Waals surface area contributed by atoms with Crippen LogP contribution in [0.25, 0.3) is 65.6 Å². The molecular weight excluding hydrogens is 691 g/mol. The Morgan fingerprint density at radius 3 is 2.04 bits per heavy atom. The molecule has 0 bridgehead atoms. The summed E-state index contributed by atoms with van der Waals surface area (Å²) < 4.78 is 7.02. The normalized spacial score (nSPS) is 13.9. The Morgan fingerprint density at radius 2 is 1.19 bits per heavy atom. The van der Waals surface area contributed by atoms with Crippen LogP contribution >= 0.6 is 0 Å². The van der Waals surface area contributed by atoms with Gasteiger partial charge in [-0.1, -0.05) is 169 Å². The Morgan fingerprint density at radius 1 is 0.509 bits per heavy atom. The lowest BCUT2D eigenvalue weighted by Crippen LogP contribution is -2.47. The number of nitrogens with zero attached hydrogens (tertiary/aromatic N) is 1. The number of anilines is 3. The number of rotatable bonds is 3. The maximum atomic E-state index is 7.02. The van der Waals surface area contributed by atoms with Crippen LogP contribution in [0.15, 0.2) is 192 Å². The summed E-state index contributed by atoms with van der Waals surface area (Å²) in [6.45, 7) is 0. The number of hydrogen-bond donors (Lipinski definition) is 1. The molecule has 13 rings (SSSR count). The van der Waals surface area contributed by atoms with Gasteiger partial charge in [-0.15, -0.1) is 0 Å². The van der Waals surface area contributed by atoms with E-state index >= 15 is 0 Å². The molecule has 11 aromatic rings. The van der Waals surface area contributed by atoms with Gasteiger partial charge in [-0.3, -0.25) is 0 Å². The van der Waals surface area contributed by atoms with Gasteiger partial charge in [-0.25, -0.2) is 0 Å². The summed E-state index contributed by atoms with van der Waals surface area (Å²) in [6, 6.07) is 69.1. The first kappa shape index (κ1) is 31.0. The van der Waals surface area contributed by atoms with Crippen LogP contribution < -0.4 is 15.8 Å². The predicted molar refractivity (Wildman–Crippen MR) is 239 cm³/mol. The van der Waals surface area contributed by atoms with Gasteiger partial charge in [0, 0.05) is 38.3 Å². The minimum atomic E-state index is -0.540. The molecule has 0 saturated heterocycles.